The number of pyridine rings is 4. The number of nitrogens with zero attached hydrogens (tertiary/aromatic N) is 12. The number of thiazole rings is 4. The van der Waals surface area contributed by atoms with E-state index in [9.17, 15) is 65.6 Å². The predicted octanol–water partition coefficient (Wildman–Crippen LogP) is 26.2. The molecule has 8 heterocycles. The van der Waals surface area contributed by atoms with E-state index >= 15 is 0 Å². The maximum absolute atomic E-state index is 13.9. The number of aromatic nitrogens is 8. The Balaban J connectivity index is 0.000000157. The van der Waals surface area contributed by atoms with Crippen LogP contribution in [0.2, 0.25) is 0 Å². The number of amides is 8. The van der Waals surface area contributed by atoms with Crippen LogP contribution in [0.3, 0.4) is 0 Å². The number of hydroxylamine groups is 4. The van der Waals surface area contributed by atoms with Gasteiger partial charge in [0.05, 0.1) is 106 Å². The third-order valence-corrected chi connectivity index (χ3v) is 29.9. The number of halogens is 2. The van der Waals surface area contributed by atoms with Gasteiger partial charge >= 0.3 is 24.1 Å². The van der Waals surface area contributed by atoms with Gasteiger partial charge in [0.2, 0.25) is 0 Å². The molecular formula is C104H102F2N16O12S6. The summed E-state index contributed by atoms with van der Waals surface area (Å²) in [4.78, 5) is 90.6. The van der Waals surface area contributed by atoms with Gasteiger partial charge in [-0.3, -0.25) is 40.8 Å². The highest BCUT2D eigenvalue weighted by atomic mass is 32.2. The van der Waals surface area contributed by atoms with Crippen molar-refractivity contribution in [2.45, 2.75) is 128 Å². The first kappa shape index (κ1) is 103. The van der Waals surface area contributed by atoms with Crippen molar-refractivity contribution < 1.29 is 65.6 Å². The van der Waals surface area contributed by atoms with E-state index in [4.69, 9.17) is 19.9 Å². The third-order valence-electron chi connectivity index (χ3n) is 20.9. The van der Waals surface area contributed by atoms with Crippen LogP contribution >= 0.6 is 45.3 Å². The average Bonchev–Trinajstić information content (AvgIpc) is 1.64. The van der Waals surface area contributed by atoms with Gasteiger partial charge < -0.3 is 21.3 Å². The minimum atomic E-state index is -3.35. The number of hydrogen-bond acceptors (Lipinski definition) is 24. The number of rotatable bonds is 19. The number of benzene rings is 8. The van der Waals surface area contributed by atoms with Gasteiger partial charge in [0.1, 0.15) is 11.6 Å². The molecule has 0 aliphatic rings. The molecule has 28 nitrogen and oxygen atoms in total. The first-order valence-corrected chi connectivity index (χ1v) is 50.5. The van der Waals surface area contributed by atoms with Gasteiger partial charge in [-0.15, -0.1) is 45.3 Å². The van der Waals surface area contributed by atoms with Gasteiger partial charge in [-0.25, -0.2) is 64.7 Å². The van der Waals surface area contributed by atoms with E-state index in [0.29, 0.717) is 49.1 Å². The van der Waals surface area contributed by atoms with E-state index in [1.807, 2.05) is 104 Å². The Hall–Kier alpha value is -14.4. The second-order valence-corrected chi connectivity index (χ2v) is 44.4. The zero-order chi connectivity index (χ0) is 101. The zero-order valence-corrected chi connectivity index (χ0v) is 83.9. The topological polar surface area (TPSA) is 382 Å². The lowest BCUT2D eigenvalue weighted by atomic mass is 9.98. The molecular weight excluding hydrogens is 1900 g/mol. The van der Waals surface area contributed by atoms with Crippen LogP contribution in [0.5, 0.6) is 0 Å². The smallest absolute Gasteiger partial charge is 0.306 e. The minimum Gasteiger partial charge on any atom is -0.306 e. The summed E-state index contributed by atoms with van der Waals surface area (Å²) >= 11 is 6.28. The molecule has 0 fully saturated rings. The molecule has 140 heavy (non-hydrogen) atoms. The maximum Gasteiger partial charge on any atom is 0.350 e. The van der Waals surface area contributed by atoms with E-state index < -0.39 is 55.4 Å². The van der Waals surface area contributed by atoms with Crippen molar-refractivity contribution in [3.05, 3.63) is 323 Å². The molecule has 0 saturated heterocycles. The fourth-order valence-electron chi connectivity index (χ4n) is 13.5. The summed E-state index contributed by atoms with van der Waals surface area (Å²) in [6, 6.07) is 61.7. The molecule has 0 atom stereocenters. The second-order valence-electron chi connectivity index (χ2n) is 36.1. The van der Waals surface area contributed by atoms with Crippen LogP contribution in [-0.4, -0.2) is 114 Å². The molecule has 0 radical (unpaired) electrons. The number of urea groups is 4. The van der Waals surface area contributed by atoms with Crippen molar-refractivity contribution in [3.63, 3.8) is 0 Å². The van der Waals surface area contributed by atoms with E-state index in [1.54, 1.807) is 163 Å². The Bertz CT molecular complexity index is 7360. The molecule has 0 spiro atoms. The Kier molecular flexibility index (Phi) is 32.1. The van der Waals surface area contributed by atoms with Gasteiger partial charge in [-0.05, 0) is 205 Å². The van der Waals surface area contributed by atoms with Crippen LogP contribution in [0.15, 0.2) is 296 Å². The maximum atomic E-state index is 13.9. The molecule has 8 aromatic heterocycles. The number of sulfone groups is 2. The van der Waals surface area contributed by atoms with Crippen LogP contribution in [0.1, 0.15) is 116 Å². The van der Waals surface area contributed by atoms with Crippen molar-refractivity contribution in [2.75, 3.05) is 53.5 Å². The van der Waals surface area contributed by atoms with Crippen molar-refractivity contribution in [1.29, 1.82) is 0 Å². The number of anilines is 8. The van der Waals surface area contributed by atoms with Gasteiger partial charge in [0.15, 0.2) is 19.7 Å². The number of aryl methyl sites for hydroxylation is 1. The Morgan fingerprint density at radius 3 is 0.886 bits per heavy atom. The number of hydrogen-bond donors (Lipinski definition) is 8. The standard InChI is InChI=1S/C27H28N4O4S2.C26H26N4O4S2.C26H26N4O2S.C25H22F2N4O2S/c1-5-37(34,35)22-11-9-20(10-12-22)29-26(32)31(33)21-8-6-7-19(17-21)24-23(18-13-15-28-16-14-18)30-25(36-24)27(2,3)4;1-26(2,3)24-29-22(17-12-14-27-15-13-17)23(35-24)18-6-5-7-20(16-18)30(32)25(31)28-19-8-10-21(11-9-19)36(4,33)34;1-17-7-5-9-20(15-17)28-25(31)30(32)21-10-6-8-19(16-21)23-22(18-11-13-27-14-12-18)29-24(33-23)26(2,3)4;1-25(2,3)23-30-21(15-9-11-28-12-10-15)22(34-23)16-5-4-6-18(13-16)31(33)24(32)29-20-8-7-17(26)14-19(20)27/h6-17,33H,5H2,1-4H3,(H,29,32);5-16,32H,1-4H3,(H,28,31);5-16,32H,1-4H3,(H,28,31);4-14,33H,1-3H3,(H,29,32). The summed E-state index contributed by atoms with van der Waals surface area (Å²) in [5.74, 6) is -1.73. The summed E-state index contributed by atoms with van der Waals surface area (Å²) in [5, 5.41) is 58.4. The summed E-state index contributed by atoms with van der Waals surface area (Å²) < 4.78 is 74.3. The fourth-order valence-corrected chi connectivity index (χ4v) is 19.5. The largest absolute Gasteiger partial charge is 0.350 e. The fraction of sp³-hybridized carbons (Fsp3) is 0.192. The normalized spacial score (nSPS) is 11.6. The highest BCUT2D eigenvalue weighted by Gasteiger charge is 2.31. The van der Waals surface area contributed by atoms with Crippen molar-refractivity contribution >= 4 is 135 Å². The Labute approximate surface area is 826 Å². The minimum absolute atomic E-state index is 0.0145. The Morgan fingerprint density at radius 2 is 0.614 bits per heavy atom. The van der Waals surface area contributed by atoms with Gasteiger partial charge in [-0.1, -0.05) is 151 Å². The molecule has 8 amide bonds. The summed E-state index contributed by atoms with van der Waals surface area (Å²) in [5.41, 5.74) is 12.8. The van der Waals surface area contributed by atoms with Crippen molar-refractivity contribution in [1.82, 2.24) is 39.9 Å². The first-order valence-electron chi connectivity index (χ1n) is 43.7. The lowest BCUT2D eigenvalue weighted by Crippen LogP contribution is -2.32. The van der Waals surface area contributed by atoms with Crippen LogP contribution in [-0.2, 0) is 41.3 Å². The quantitative estimate of drug-likeness (QED) is 0.0275. The van der Waals surface area contributed by atoms with Crippen molar-refractivity contribution in [2.24, 2.45) is 0 Å². The van der Waals surface area contributed by atoms with Crippen LogP contribution in [0, 0.1) is 18.6 Å². The molecule has 0 aliphatic carbocycles. The zero-order valence-electron chi connectivity index (χ0n) is 79.0. The molecule has 0 saturated carbocycles. The van der Waals surface area contributed by atoms with E-state index in [1.165, 1.54) is 59.9 Å². The lowest BCUT2D eigenvalue weighted by Gasteiger charge is -2.17. The molecule has 8 N–H and O–H groups in total. The predicted molar refractivity (Wildman–Crippen MR) is 552 cm³/mol. The molecule has 16 aromatic rings. The Morgan fingerprint density at radius 1 is 0.336 bits per heavy atom. The van der Waals surface area contributed by atoms with Gasteiger partial charge in [0.25, 0.3) is 0 Å². The molecule has 0 unspecified atom stereocenters. The highest BCUT2D eigenvalue weighted by molar-refractivity contribution is 7.91. The van der Waals surface area contributed by atoms with E-state index in [0.717, 1.165) is 131 Å². The number of nitrogens with one attached hydrogen (secondary N) is 4. The van der Waals surface area contributed by atoms with Crippen LogP contribution in [0.4, 0.5) is 73.5 Å². The van der Waals surface area contributed by atoms with E-state index in [-0.39, 0.29) is 60.0 Å². The molecule has 0 bridgehead atoms. The SMILES string of the molecule is CC(C)(C)c1nc(-c2ccncc2)c(-c2cccc(N(O)C(=O)Nc3ccc(F)cc3F)c2)s1.CC(C)(C)c1nc(-c2ccncc2)c(-c2cccc(N(O)C(=O)Nc3ccc(S(C)(=O)=O)cc3)c2)s1.CCS(=O)(=O)c1ccc(NC(=O)N(O)c2cccc(-c3sc(C(C)(C)C)nc3-c3ccncc3)c2)cc1.Cc1cccc(NC(=O)N(O)c2cccc(-c3sc(C(C)(C)C)nc3-c3ccncc3)c2)c1. The number of carbonyl (C=O) groups is 4. The van der Waals surface area contributed by atoms with Crippen LogP contribution < -0.4 is 41.5 Å². The molecule has 0 aliphatic heterocycles. The van der Waals surface area contributed by atoms with Crippen molar-refractivity contribution in [3.8, 4) is 86.8 Å². The second kappa shape index (κ2) is 43.7. The summed E-state index contributed by atoms with van der Waals surface area (Å²) in [6.45, 7) is 28.8. The van der Waals surface area contributed by atoms with Gasteiger partial charge in [0, 0.05) is 123 Å². The average molecular weight is 2000 g/mol. The number of carbonyl (C=O) groups excluding carboxylic acids is 4. The lowest BCUT2D eigenvalue weighted by molar-refractivity contribution is 0.215. The van der Waals surface area contributed by atoms with E-state index in [2.05, 4.69) is 124 Å². The first-order chi connectivity index (χ1) is 66.3. The van der Waals surface area contributed by atoms with Crippen LogP contribution in [0.25, 0.3) is 86.8 Å². The third kappa shape index (κ3) is 25.9. The monoisotopic (exact) mass is 2000 g/mol. The molecule has 16 rings (SSSR count). The van der Waals surface area contributed by atoms with Gasteiger partial charge in [-0.2, -0.15) is 20.3 Å². The molecule has 720 valence electrons. The summed E-state index contributed by atoms with van der Waals surface area (Å²) in [6.07, 6.45) is 14.9. The highest BCUT2D eigenvalue weighted by Crippen LogP contribution is 2.47. The summed E-state index contributed by atoms with van der Waals surface area (Å²) in [7, 11) is -6.70. The molecule has 36 heteroatoms. The molecule has 8 aromatic carbocycles.